The molecule has 0 atom stereocenters. The second-order valence-corrected chi connectivity index (χ2v) is 17.3. The Labute approximate surface area is 429 Å². The number of aromatic nitrogens is 5. The van der Waals surface area contributed by atoms with E-state index < -0.39 is 114 Å². The Morgan fingerprint density at radius 2 is 0.773 bits per heavy atom. The number of carbonyl (C=O) groups is 5. The highest BCUT2D eigenvalue weighted by molar-refractivity contribution is 6.00. The number of aryl methyl sites for hydroxylation is 5. The summed E-state index contributed by atoms with van der Waals surface area (Å²) in [7, 11) is 8.27. The maximum Gasteiger partial charge on any atom is 0.360 e. The molecule has 75 heavy (non-hydrogen) atoms. The number of rotatable bonds is 20. The molecule has 22 heteroatoms. The summed E-state index contributed by atoms with van der Waals surface area (Å²) in [6.45, 7) is -5.16. The number of nitriles is 4. The van der Waals surface area contributed by atoms with Crippen LogP contribution in [0.5, 0.6) is 0 Å². The molecule has 0 aromatic carbocycles. The smallest absolute Gasteiger partial charge is 0.360 e. The molecule has 22 nitrogen and oxygen atoms in total. The Morgan fingerprint density at radius 3 is 1.00 bits per heavy atom. The maximum absolute atomic E-state index is 14.6. The number of nitroso groups, excluding NO2 is 1. The van der Waals surface area contributed by atoms with E-state index in [1.165, 1.54) is 24.3 Å². The van der Waals surface area contributed by atoms with Crippen LogP contribution in [-0.4, -0.2) is 98.4 Å². The molecule has 0 bridgehead atoms. The summed E-state index contributed by atoms with van der Waals surface area (Å²) < 4.78 is 43.8. The largest absolute Gasteiger partial charge is 0.461 e. The van der Waals surface area contributed by atoms with Crippen molar-refractivity contribution in [2.75, 3.05) is 39.6 Å². The summed E-state index contributed by atoms with van der Waals surface area (Å²) in [5, 5.41) is 43.6. The van der Waals surface area contributed by atoms with Gasteiger partial charge in [0.15, 0.2) is 5.70 Å². The second-order valence-electron chi connectivity index (χ2n) is 17.3. The average molecular weight is 1020 g/mol. The maximum atomic E-state index is 14.6. The third-order valence-electron chi connectivity index (χ3n) is 12.1. The lowest BCUT2D eigenvalue weighted by molar-refractivity contribution is -0.246. The standard InChI is InChI=1S/C53H48N10O12/c1-59-16-6-11-40(59)21-36(26-54)46(64)71-32-52(33-72-47(65)37(27-55)22-41-12-7-17-60(41)2)30-70-31-53(34-73-48(66)38(28-56)23-42-13-8-18-61(42)3,35-74-49(67)39(29-57)24-43-14-9-19-62(43)4)51(52)75-50(68)45(58-69)25-44-15-10-20-63(44)5/h6-25,51H,30-35H2,1-5H3/b36-21+,37-22+,38-23+,39-24+,45-25-. The summed E-state index contributed by atoms with van der Waals surface area (Å²) in [5.41, 5.74) is -5.28. The molecule has 6 rings (SSSR count). The molecule has 0 unspecified atom stereocenters. The minimum absolute atomic E-state index is 0.308. The van der Waals surface area contributed by atoms with E-state index >= 15 is 0 Å². The molecule has 382 valence electrons. The third kappa shape index (κ3) is 12.9. The van der Waals surface area contributed by atoms with Gasteiger partial charge in [0.25, 0.3) is 0 Å². The summed E-state index contributed by atoms with van der Waals surface area (Å²) in [6.07, 6.45) is 12.3. The molecule has 1 fully saturated rings. The molecule has 0 spiro atoms. The predicted molar refractivity (Wildman–Crippen MR) is 265 cm³/mol. The van der Waals surface area contributed by atoms with Gasteiger partial charge in [0, 0.05) is 94.7 Å². The van der Waals surface area contributed by atoms with Crippen LogP contribution in [0.15, 0.2) is 125 Å². The summed E-state index contributed by atoms with van der Waals surface area (Å²) in [5.74, 6) is -6.34. The molecular formula is C53H48N10O12. The molecule has 1 aliphatic heterocycles. The van der Waals surface area contributed by atoms with Gasteiger partial charge in [-0.3, -0.25) is 0 Å². The van der Waals surface area contributed by atoms with Crippen LogP contribution < -0.4 is 0 Å². The van der Waals surface area contributed by atoms with E-state index in [4.69, 9.17) is 28.4 Å². The Hall–Kier alpha value is -10.0. The van der Waals surface area contributed by atoms with Gasteiger partial charge in [0.2, 0.25) is 0 Å². The molecule has 0 amide bonds. The Balaban J connectivity index is 1.53. The fourth-order valence-electron chi connectivity index (χ4n) is 7.90. The van der Waals surface area contributed by atoms with E-state index in [1.807, 2.05) is 0 Å². The van der Waals surface area contributed by atoms with Crippen LogP contribution in [-0.2, 0) is 87.6 Å². The first-order valence-electron chi connectivity index (χ1n) is 22.6. The van der Waals surface area contributed by atoms with Gasteiger partial charge in [0.1, 0.15) is 79.1 Å². The van der Waals surface area contributed by atoms with Crippen LogP contribution in [0.25, 0.3) is 30.4 Å². The quantitative estimate of drug-likeness (QED) is 0.0326. The van der Waals surface area contributed by atoms with Crippen LogP contribution >= 0.6 is 0 Å². The Morgan fingerprint density at radius 1 is 0.507 bits per heavy atom. The average Bonchev–Trinajstić information content (AvgIpc) is 4.28. The molecular weight excluding hydrogens is 969 g/mol. The van der Waals surface area contributed by atoms with Crippen molar-refractivity contribution in [2.45, 2.75) is 6.10 Å². The van der Waals surface area contributed by atoms with Gasteiger partial charge in [-0.25, -0.2) is 24.0 Å². The molecule has 0 radical (unpaired) electrons. The zero-order chi connectivity index (χ0) is 54.3. The van der Waals surface area contributed by atoms with Gasteiger partial charge in [-0.2, -0.15) is 21.0 Å². The van der Waals surface area contributed by atoms with Crippen molar-refractivity contribution in [1.29, 1.82) is 21.0 Å². The highest BCUT2D eigenvalue weighted by Gasteiger charge is 2.61. The predicted octanol–water partition coefficient (Wildman–Crippen LogP) is 5.00. The van der Waals surface area contributed by atoms with Crippen LogP contribution in [0.3, 0.4) is 0 Å². The number of ether oxygens (including phenoxy) is 6. The van der Waals surface area contributed by atoms with E-state index in [0.29, 0.717) is 28.5 Å². The molecule has 1 saturated heterocycles. The molecule has 0 saturated carbocycles. The van der Waals surface area contributed by atoms with Gasteiger partial charge < -0.3 is 51.3 Å². The lowest BCUT2D eigenvalue weighted by atomic mass is 9.67. The van der Waals surface area contributed by atoms with Gasteiger partial charge >= 0.3 is 29.8 Å². The SMILES string of the molecule is Cn1cccc1/C=C(\N=O)C(=O)OC1C(COC(=O)/C(C#N)=C/c2cccn2C)(COC(=O)/C(C#N)=C/c2cccn2C)COCC1(COC(=O)/C(C#N)=C/c1cccn1C)COC(=O)/C(C#N)=C/c1cccn1C. The zero-order valence-electron chi connectivity index (χ0n) is 41.2. The molecule has 0 aliphatic carbocycles. The minimum Gasteiger partial charge on any atom is -0.461 e. The summed E-state index contributed by atoms with van der Waals surface area (Å²) in [6, 6.07) is 23.5. The molecule has 1 aliphatic rings. The highest BCUT2D eigenvalue weighted by Crippen LogP contribution is 2.45. The first-order chi connectivity index (χ1) is 36.0. The van der Waals surface area contributed by atoms with Crippen molar-refractivity contribution in [3.8, 4) is 24.3 Å². The fraction of sp³-hybridized carbons (Fsp3) is 0.264. The molecule has 5 aromatic rings. The van der Waals surface area contributed by atoms with Crippen LogP contribution in [0, 0.1) is 61.1 Å². The van der Waals surface area contributed by atoms with Crippen molar-refractivity contribution in [2.24, 2.45) is 51.2 Å². The highest BCUT2D eigenvalue weighted by atomic mass is 16.6. The van der Waals surface area contributed by atoms with Crippen LogP contribution in [0.4, 0.5) is 0 Å². The lowest BCUT2D eigenvalue weighted by Crippen LogP contribution is -2.65. The summed E-state index contributed by atoms with van der Waals surface area (Å²) >= 11 is 0. The fourth-order valence-corrected chi connectivity index (χ4v) is 7.90. The van der Waals surface area contributed by atoms with Crippen molar-refractivity contribution in [3.63, 3.8) is 0 Å². The van der Waals surface area contributed by atoms with Gasteiger partial charge in [-0.05, 0) is 96.2 Å². The van der Waals surface area contributed by atoms with Crippen molar-refractivity contribution >= 4 is 60.2 Å². The normalized spacial score (nSPS) is 14.8. The summed E-state index contributed by atoms with van der Waals surface area (Å²) in [4.78, 5) is 83.1. The third-order valence-corrected chi connectivity index (χ3v) is 12.1. The van der Waals surface area contributed by atoms with Crippen LogP contribution in [0.1, 0.15) is 28.5 Å². The monoisotopic (exact) mass is 1020 g/mol. The molecule has 6 heterocycles. The molecule has 5 aromatic heterocycles. The number of esters is 5. The number of nitrogens with zero attached hydrogens (tertiary/aromatic N) is 10. The van der Waals surface area contributed by atoms with Gasteiger partial charge in [-0.1, -0.05) is 0 Å². The lowest BCUT2D eigenvalue weighted by Gasteiger charge is -2.51. The van der Waals surface area contributed by atoms with Gasteiger partial charge in [0.05, 0.1) is 24.0 Å². The topological polar surface area (TPSA) is 290 Å². The first-order valence-corrected chi connectivity index (χ1v) is 22.6. The van der Waals surface area contributed by atoms with E-state index in [9.17, 15) is 49.9 Å². The van der Waals surface area contributed by atoms with E-state index in [-0.39, 0.29) is 0 Å². The van der Waals surface area contributed by atoms with Crippen molar-refractivity contribution in [3.05, 3.63) is 153 Å². The van der Waals surface area contributed by atoms with Gasteiger partial charge in [-0.15, -0.1) is 4.91 Å². The van der Waals surface area contributed by atoms with E-state index in [2.05, 4.69) is 5.18 Å². The number of hydrogen-bond acceptors (Lipinski definition) is 17. The van der Waals surface area contributed by atoms with E-state index in [0.717, 1.165) is 6.08 Å². The minimum atomic E-state index is -2.21. The van der Waals surface area contributed by atoms with Crippen LogP contribution in [0.2, 0.25) is 0 Å². The van der Waals surface area contributed by atoms with E-state index in [1.54, 1.807) is 174 Å². The Bertz CT molecular complexity index is 2990. The molecule has 0 N–H and O–H groups in total. The first kappa shape index (κ1) is 54.3. The van der Waals surface area contributed by atoms with Crippen molar-refractivity contribution < 1.29 is 52.4 Å². The number of carbonyl (C=O) groups excluding carboxylic acids is 5. The second kappa shape index (κ2) is 24.4. The Kier molecular flexibility index (Phi) is 17.7. The van der Waals surface area contributed by atoms with Crippen molar-refractivity contribution in [1.82, 2.24) is 22.8 Å². The zero-order valence-corrected chi connectivity index (χ0v) is 41.2. The number of hydrogen-bond donors (Lipinski definition) is 0.